The maximum absolute atomic E-state index is 13.9. The van der Waals surface area contributed by atoms with Crippen molar-refractivity contribution in [3.8, 4) is 0 Å². The molecule has 3 amide bonds. The first kappa shape index (κ1) is 27.5. The fourth-order valence-corrected chi connectivity index (χ4v) is 11.0. The monoisotopic (exact) mass is 628 g/mol. The number of primary sulfonamides is 1. The molecule has 0 spiro atoms. The zero-order valence-electron chi connectivity index (χ0n) is 22.0. The van der Waals surface area contributed by atoms with E-state index < -0.39 is 33.8 Å². The number of carbonyl (C=O) groups excluding carboxylic acids is 3. The van der Waals surface area contributed by atoms with Crippen LogP contribution in [0.2, 0.25) is 0 Å². The molecule has 218 valence electrons. The van der Waals surface area contributed by atoms with E-state index in [9.17, 15) is 32.0 Å². The predicted octanol–water partition coefficient (Wildman–Crippen LogP) is 2.72. The molecule has 3 aromatic rings. The van der Waals surface area contributed by atoms with Crippen LogP contribution in [0.25, 0.3) is 0 Å². The van der Waals surface area contributed by atoms with Crippen molar-refractivity contribution in [1.82, 2.24) is 9.88 Å². The number of hydrogen-bond acceptors (Lipinski definition) is 8. The third-order valence-corrected chi connectivity index (χ3v) is 12.7. The van der Waals surface area contributed by atoms with Crippen molar-refractivity contribution in [2.75, 3.05) is 5.32 Å². The maximum Gasteiger partial charge on any atom is 0.305 e. The highest BCUT2D eigenvalue weighted by atomic mass is 32.2. The number of carbonyl (C=O) groups is 3. The van der Waals surface area contributed by atoms with Gasteiger partial charge in [0, 0.05) is 21.7 Å². The van der Waals surface area contributed by atoms with E-state index in [1.165, 1.54) is 43.3 Å². The number of H-pyrrole nitrogens is 1. The van der Waals surface area contributed by atoms with Crippen molar-refractivity contribution < 1.29 is 27.2 Å². The van der Waals surface area contributed by atoms with Crippen LogP contribution in [-0.2, 0) is 24.4 Å². The molecular formula is C28H25FN4O6S3. The Hall–Kier alpha value is -3.33. The molecule has 1 saturated heterocycles. The molecule has 14 heteroatoms. The molecule has 2 aliphatic heterocycles. The van der Waals surface area contributed by atoms with Crippen molar-refractivity contribution in [2.45, 2.75) is 40.5 Å². The van der Waals surface area contributed by atoms with E-state index in [1.807, 2.05) is 0 Å². The van der Waals surface area contributed by atoms with Crippen LogP contribution in [0.15, 0.2) is 63.2 Å². The Labute approximate surface area is 247 Å². The first-order valence-electron chi connectivity index (χ1n) is 13.4. The molecule has 2 aliphatic carbocycles. The molecular weight excluding hydrogens is 604 g/mol. The van der Waals surface area contributed by atoms with Gasteiger partial charge in [-0.1, -0.05) is 23.5 Å². The van der Waals surface area contributed by atoms with Crippen LogP contribution in [0.5, 0.6) is 0 Å². The smallest absolute Gasteiger partial charge is 0.305 e. The number of likely N-dealkylation sites (tertiary alicyclic amines) is 1. The van der Waals surface area contributed by atoms with Gasteiger partial charge in [0.25, 0.3) is 0 Å². The molecule has 8 unspecified atom stereocenters. The number of anilines is 1. The number of nitrogens with zero attached hydrogens (tertiary/aromatic N) is 1. The van der Waals surface area contributed by atoms with Crippen molar-refractivity contribution in [3.63, 3.8) is 0 Å². The number of sulfonamides is 1. The van der Waals surface area contributed by atoms with Crippen molar-refractivity contribution >= 4 is 56.5 Å². The van der Waals surface area contributed by atoms with Gasteiger partial charge in [-0.2, -0.15) is 0 Å². The number of amides is 3. The number of aromatic amines is 1. The normalized spacial score (nSPS) is 30.2. The lowest BCUT2D eigenvalue weighted by molar-refractivity contribution is -0.146. The zero-order chi connectivity index (χ0) is 29.7. The zero-order valence-corrected chi connectivity index (χ0v) is 24.5. The first-order valence-corrected chi connectivity index (χ1v) is 16.6. The molecule has 2 bridgehead atoms. The van der Waals surface area contributed by atoms with E-state index in [0.29, 0.717) is 12.1 Å². The molecule has 3 fully saturated rings. The number of nitrogens with two attached hydrogens (primary N) is 1. The van der Waals surface area contributed by atoms with Crippen molar-refractivity contribution in [2.24, 2.45) is 34.7 Å². The van der Waals surface area contributed by atoms with Crippen LogP contribution in [0.1, 0.15) is 29.7 Å². The van der Waals surface area contributed by atoms with E-state index in [2.05, 4.69) is 10.3 Å². The minimum Gasteiger partial charge on any atom is -0.324 e. The molecule has 4 N–H and O–H groups in total. The van der Waals surface area contributed by atoms with E-state index in [4.69, 9.17) is 5.14 Å². The van der Waals surface area contributed by atoms with E-state index >= 15 is 0 Å². The summed E-state index contributed by atoms with van der Waals surface area (Å²) in [6, 6.07) is 10.4. The Morgan fingerprint density at radius 1 is 1.05 bits per heavy atom. The van der Waals surface area contributed by atoms with Gasteiger partial charge >= 0.3 is 4.87 Å². The molecule has 3 heterocycles. The van der Waals surface area contributed by atoms with Gasteiger partial charge in [0.1, 0.15) is 11.9 Å². The number of nitrogens with one attached hydrogen (secondary N) is 2. The lowest BCUT2D eigenvalue weighted by Crippen LogP contribution is -2.46. The van der Waals surface area contributed by atoms with Gasteiger partial charge in [0.15, 0.2) is 0 Å². The highest BCUT2D eigenvalue weighted by molar-refractivity contribution is 8.00. The van der Waals surface area contributed by atoms with Crippen molar-refractivity contribution in [3.05, 3.63) is 74.5 Å². The first-order chi connectivity index (χ1) is 19.9. The third-order valence-electron chi connectivity index (χ3n) is 9.20. The van der Waals surface area contributed by atoms with Gasteiger partial charge in [-0.3, -0.25) is 24.1 Å². The largest absolute Gasteiger partial charge is 0.324 e. The molecule has 2 aromatic carbocycles. The summed E-state index contributed by atoms with van der Waals surface area (Å²) in [6.45, 7) is 1.50. The number of aromatic nitrogens is 1. The number of benzene rings is 2. The van der Waals surface area contributed by atoms with Crippen LogP contribution < -0.4 is 15.3 Å². The second kappa shape index (κ2) is 9.59. The minimum atomic E-state index is -3.90. The average Bonchev–Trinajstić information content (AvgIpc) is 3.67. The van der Waals surface area contributed by atoms with Crippen LogP contribution in [-0.4, -0.2) is 47.3 Å². The lowest BCUT2D eigenvalue weighted by atomic mass is 9.68. The average molecular weight is 629 g/mol. The fourth-order valence-electron chi connectivity index (χ4n) is 7.56. The predicted molar refractivity (Wildman–Crippen MR) is 153 cm³/mol. The van der Waals surface area contributed by atoms with E-state index in [-0.39, 0.29) is 56.3 Å². The van der Waals surface area contributed by atoms with Crippen LogP contribution in [0.3, 0.4) is 0 Å². The molecule has 10 nitrogen and oxygen atoms in total. The van der Waals surface area contributed by atoms with Gasteiger partial charge in [0.2, 0.25) is 27.7 Å². The number of thiazole rings is 1. The highest BCUT2D eigenvalue weighted by Gasteiger charge is 2.70. The van der Waals surface area contributed by atoms with Crippen LogP contribution in [0, 0.1) is 35.4 Å². The van der Waals surface area contributed by atoms with Gasteiger partial charge < -0.3 is 10.3 Å². The third kappa shape index (κ3) is 4.10. The SMILES string of the molecule is CC(C(=O)Nc1ccc(S(N)(=O)=O)cc1)N1C(=O)C2C3CC(C2C1=O)C1C(c2ccc(F)cc2)c2sc(=O)[nH]c2SC31. The molecule has 1 aromatic heterocycles. The number of rotatable bonds is 5. The summed E-state index contributed by atoms with van der Waals surface area (Å²) in [6.07, 6.45) is 0.691. The number of hydrogen-bond donors (Lipinski definition) is 3. The Morgan fingerprint density at radius 3 is 2.33 bits per heavy atom. The quantitative estimate of drug-likeness (QED) is 0.367. The van der Waals surface area contributed by atoms with Crippen LogP contribution >= 0.6 is 23.1 Å². The minimum absolute atomic E-state index is 0.0257. The number of halogens is 1. The van der Waals surface area contributed by atoms with Gasteiger partial charge in [-0.05, 0) is 73.1 Å². The number of thioether (sulfide) groups is 1. The summed E-state index contributed by atoms with van der Waals surface area (Å²) in [7, 11) is -3.90. The van der Waals surface area contributed by atoms with Crippen LogP contribution in [0.4, 0.5) is 10.1 Å². The summed E-state index contributed by atoms with van der Waals surface area (Å²) in [5.41, 5.74) is 1.16. The van der Waals surface area contributed by atoms with E-state index in [1.54, 1.807) is 23.9 Å². The van der Waals surface area contributed by atoms with E-state index in [0.717, 1.165) is 31.7 Å². The topological polar surface area (TPSA) is 159 Å². The summed E-state index contributed by atoms with van der Waals surface area (Å²) in [5.74, 6) is -3.33. The van der Waals surface area contributed by atoms with Gasteiger partial charge in [-0.15, -0.1) is 11.8 Å². The Bertz CT molecular complexity index is 1810. The molecule has 4 aliphatic rings. The standard InChI is InChI=1S/C28H25FN4O6S3/c1-11(24(34)31-14-6-8-15(9-7-14)42(30,38)39)33-26(35)20-16-10-17(21(20)27(33)36)22-19(16)18(12-2-4-13(29)5-3-12)23-25(40-22)32-28(37)41-23/h2-9,11,16-22H,10H2,1H3,(H,31,34)(H,32,37)(H2,30,38,39). The fraction of sp³-hybridized carbons (Fsp3) is 0.357. The molecule has 8 atom stereocenters. The summed E-state index contributed by atoms with van der Waals surface area (Å²) >= 11 is 2.68. The van der Waals surface area contributed by atoms with Gasteiger partial charge in [-0.25, -0.2) is 17.9 Å². The highest BCUT2D eigenvalue weighted by Crippen LogP contribution is 2.68. The second-order valence-electron chi connectivity index (χ2n) is 11.3. The molecule has 42 heavy (non-hydrogen) atoms. The number of fused-ring (bicyclic) bond motifs is 9. The maximum atomic E-state index is 13.9. The second-order valence-corrected chi connectivity index (χ2v) is 15.1. The Morgan fingerprint density at radius 2 is 1.69 bits per heavy atom. The summed E-state index contributed by atoms with van der Waals surface area (Å²) in [5, 5.41) is 8.52. The Kier molecular flexibility index (Phi) is 6.28. The number of imide groups is 1. The Balaban J connectivity index is 1.17. The summed E-state index contributed by atoms with van der Waals surface area (Å²) < 4.78 is 36.9. The lowest BCUT2D eigenvalue weighted by Gasteiger charge is -2.43. The molecule has 0 radical (unpaired) electrons. The van der Waals surface area contributed by atoms with Crippen molar-refractivity contribution in [1.29, 1.82) is 0 Å². The summed E-state index contributed by atoms with van der Waals surface area (Å²) in [4.78, 5) is 57.8. The van der Waals surface area contributed by atoms with Gasteiger partial charge in [0.05, 0.1) is 21.8 Å². The molecule has 2 saturated carbocycles. The molecule has 7 rings (SSSR count).